The number of amides is 1. The zero-order valence-electron chi connectivity index (χ0n) is 12.6. The number of thioether (sulfide) groups is 1. The van der Waals surface area contributed by atoms with Crippen LogP contribution in [0.1, 0.15) is 38.3 Å². The summed E-state index contributed by atoms with van der Waals surface area (Å²) in [7, 11) is 0. The monoisotopic (exact) mass is 292 g/mol. The van der Waals surface area contributed by atoms with Crippen molar-refractivity contribution in [3.63, 3.8) is 0 Å². The summed E-state index contributed by atoms with van der Waals surface area (Å²) in [6.45, 7) is 5.26. The molecule has 0 radical (unpaired) electrons. The van der Waals surface area contributed by atoms with Crippen LogP contribution in [-0.2, 0) is 4.79 Å². The van der Waals surface area contributed by atoms with Crippen molar-refractivity contribution < 1.29 is 4.79 Å². The molecule has 0 bridgehead atoms. The normalized spacial score (nSPS) is 18.4. The van der Waals surface area contributed by atoms with Gasteiger partial charge in [-0.05, 0) is 44.2 Å². The molecular formula is C16H24N2OS. The largest absolute Gasteiger partial charge is 0.312 e. The van der Waals surface area contributed by atoms with E-state index in [2.05, 4.69) is 49.7 Å². The molecular weight excluding hydrogens is 268 g/mol. The second-order valence-corrected chi connectivity index (χ2v) is 6.40. The Kier molecular flexibility index (Phi) is 5.49. The molecule has 3 nitrogen and oxygen atoms in total. The van der Waals surface area contributed by atoms with Crippen molar-refractivity contribution >= 4 is 23.4 Å². The second kappa shape index (κ2) is 7.14. The summed E-state index contributed by atoms with van der Waals surface area (Å²) >= 11 is 1.86. The van der Waals surface area contributed by atoms with Gasteiger partial charge in [0.25, 0.3) is 0 Å². The lowest BCUT2D eigenvalue weighted by molar-refractivity contribution is -0.117. The molecule has 20 heavy (non-hydrogen) atoms. The van der Waals surface area contributed by atoms with Crippen LogP contribution in [0, 0.1) is 0 Å². The predicted molar refractivity (Wildman–Crippen MR) is 87.4 cm³/mol. The van der Waals surface area contributed by atoms with Gasteiger partial charge in [-0.25, -0.2) is 0 Å². The molecule has 1 fully saturated rings. The molecule has 0 spiro atoms. The van der Waals surface area contributed by atoms with E-state index in [9.17, 15) is 4.79 Å². The maximum atomic E-state index is 11.7. The van der Waals surface area contributed by atoms with E-state index in [1.54, 1.807) is 0 Å². The summed E-state index contributed by atoms with van der Waals surface area (Å²) in [4.78, 5) is 13.6. The van der Waals surface area contributed by atoms with Crippen molar-refractivity contribution in [2.24, 2.45) is 0 Å². The van der Waals surface area contributed by atoms with Gasteiger partial charge in [-0.1, -0.05) is 12.1 Å². The third kappa shape index (κ3) is 3.76. The fraction of sp³-hybridized carbons (Fsp3) is 0.562. The smallest absolute Gasteiger partial charge is 0.227 e. The van der Waals surface area contributed by atoms with Gasteiger partial charge in [0, 0.05) is 36.5 Å². The minimum absolute atomic E-state index is 0.248. The van der Waals surface area contributed by atoms with Crippen LogP contribution in [0.2, 0.25) is 0 Å². The summed E-state index contributed by atoms with van der Waals surface area (Å²) in [6, 6.07) is 9.22. The molecule has 1 heterocycles. The molecule has 1 aromatic rings. The molecule has 1 N–H and O–H groups in total. The average molecular weight is 292 g/mol. The van der Waals surface area contributed by atoms with Crippen LogP contribution in [0.15, 0.2) is 24.3 Å². The van der Waals surface area contributed by atoms with Crippen molar-refractivity contribution in [3.8, 4) is 0 Å². The summed E-state index contributed by atoms with van der Waals surface area (Å²) in [5.74, 6) is 1.36. The first-order chi connectivity index (χ1) is 9.61. The van der Waals surface area contributed by atoms with Crippen molar-refractivity contribution in [3.05, 3.63) is 29.8 Å². The summed E-state index contributed by atoms with van der Waals surface area (Å²) < 4.78 is 0. The maximum absolute atomic E-state index is 11.7. The van der Waals surface area contributed by atoms with Gasteiger partial charge in [-0.3, -0.25) is 4.79 Å². The van der Waals surface area contributed by atoms with Gasteiger partial charge in [0.2, 0.25) is 5.91 Å². The van der Waals surface area contributed by atoms with Crippen molar-refractivity contribution in [2.45, 2.75) is 38.8 Å². The molecule has 1 aromatic carbocycles. The van der Waals surface area contributed by atoms with Gasteiger partial charge in [-0.2, -0.15) is 11.8 Å². The molecule has 1 saturated heterocycles. The Balaban J connectivity index is 1.98. The molecule has 0 aromatic heterocycles. The summed E-state index contributed by atoms with van der Waals surface area (Å²) in [6.07, 6.45) is 3.79. The fourth-order valence-electron chi connectivity index (χ4n) is 2.69. The Morgan fingerprint density at radius 2 is 2.00 bits per heavy atom. The molecule has 0 saturated carbocycles. The molecule has 1 aliphatic rings. The number of benzene rings is 1. The number of carbonyl (C=O) groups excluding carboxylic acids is 1. The lowest BCUT2D eigenvalue weighted by atomic mass is 10.1. The fourth-order valence-corrected chi connectivity index (χ4v) is 3.28. The first-order valence-electron chi connectivity index (χ1n) is 7.27. The predicted octanol–water partition coefficient (Wildman–Crippen LogP) is 3.22. The number of anilines is 1. The molecule has 4 heteroatoms. The Hall–Kier alpha value is -1.00. The zero-order valence-corrected chi connectivity index (χ0v) is 13.4. The van der Waals surface area contributed by atoms with Crippen LogP contribution in [0.25, 0.3) is 0 Å². The number of hydrogen-bond donors (Lipinski definition) is 1. The highest BCUT2D eigenvalue weighted by atomic mass is 32.2. The van der Waals surface area contributed by atoms with Crippen molar-refractivity contribution in [1.82, 2.24) is 5.32 Å². The van der Waals surface area contributed by atoms with Gasteiger partial charge >= 0.3 is 0 Å². The number of nitrogens with one attached hydrogen (secondary N) is 1. The average Bonchev–Trinajstić information content (AvgIpc) is 2.85. The summed E-state index contributed by atoms with van der Waals surface area (Å²) in [5, 5.41) is 3.59. The van der Waals surface area contributed by atoms with Crippen LogP contribution < -0.4 is 10.2 Å². The van der Waals surface area contributed by atoms with Crippen LogP contribution in [-0.4, -0.2) is 30.5 Å². The topological polar surface area (TPSA) is 32.3 Å². The van der Waals surface area contributed by atoms with E-state index < -0.39 is 0 Å². The van der Waals surface area contributed by atoms with Gasteiger partial charge in [-0.15, -0.1) is 0 Å². The minimum atomic E-state index is 0.248. The van der Waals surface area contributed by atoms with E-state index in [0.29, 0.717) is 18.5 Å². The Morgan fingerprint density at radius 1 is 1.30 bits per heavy atom. The van der Waals surface area contributed by atoms with E-state index in [1.807, 2.05) is 16.7 Å². The van der Waals surface area contributed by atoms with Crippen LogP contribution in [0.3, 0.4) is 0 Å². The Labute approximate surface area is 126 Å². The van der Waals surface area contributed by atoms with E-state index >= 15 is 0 Å². The van der Waals surface area contributed by atoms with E-state index in [1.165, 1.54) is 5.56 Å². The molecule has 2 atom stereocenters. The van der Waals surface area contributed by atoms with E-state index in [0.717, 1.165) is 24.4 Å². The minimum Gasteiger partial charge on any atom is -0.312 e. The third-order valence-corrected chi connectivity index (χ3v) is 4.56. The van der Waals surface area contributed by atoms with E-state index in [-0.39, 0.29) is 5.91 Å². The third-order valence-electron chi connectivity index (χ3n) is 3.73. The van der Waals surface area contributed by atoms with E-state index in [4.69, 9.17) is 0 Å². The highest BCUT2D eigenvalue weighted by Gasteiger charge is 2.21. The van der Waals surface area contributed by atoms with Crippen LogP contribution >= 0.6 is 11.8 Å². The van der Waals surface area contributed by atoms with Crippen LogP contribution in [0.4, 0.5) is 5.69 Å². The van der Waals surface area contributed by atoms with Crippen molar-refractivity contribution in [2.75, 3.05) is 23.5 Å². The molecule has 1 aliphatic heterocycles. The number of carbonyl (C=O) groups is 1. The highest BCUT2D eigenvalue weighted by molar-refractivity contribution is 7.98. The summed E-state index contributed by atoms with van der Waals surface area (Å²) in [5.41, 5.74) is 2.30. The SMILES string of the molecule is CSCC(C)NC(C)c1ccc(N2CCCC2=O)cc1. The lowest BCUT2D eigenvalue weighted by Crippen LogP contribution is -2.30. The lowest BCUT2D eigenvalue weighted by Gasteiger charge is -2.21. The van der Waals surface area contributed by atoms with Gasteiger partial charge in [0.05, 0.1) is 0 Å². The number of hydrogen-bond acceptors (Lipinski definition) is 3. The number of rotatable bonds is 6. The first kappa shape index (κ1) is 15.4. The molecule has 0 aliphatic carbocycles. The number of nitrogens with zero attached hydrogens (tertiary/aromatic N) is 1. The molecule has 110 valence electrons. The van der Waals surface area contributed by atoms with Crippen LogP contribution in [0.5, 0.6) is 0 Å². The zero-order chi connectivity index (χ0) is 14.5. The van der Waals surface area contributed by atoms with Gasteiger partial charge < -0.3 is 10.2 Å². The first-order valence-corrected chi connectivity index (χ1v) is 8.66. The second-order valence-electron chi connectivity index (χ2n) is 5.49. The molecule has 2 rings (SSSR count). The highest BCUT2D eigenvalue weighted by Crippen LogP contribution is 2.23. The Bertz CT molecular complexity index is 446. The van der Waals surface area contributed by atoms with Gasteiger partial charge in [0.15, 0.2) is 0 Å². The quantitative estimate of drug-likeness (QED) is 0.874. The molecule has 1 amide bonds. The maximum Gasteiger partial charge on any atom is 0.227 e. The van der Waals surface area contributed by atoms with Gasteiger partial charge in [0.1, 0.15) is 0 Å². The van der Waals surface area contributed by atoms with Crippen molar-refractivity contribution in [1.29, 1.82) is 0 Å². The molecule has 2 unspecified atom stereocenters. The Morgan fingerprint density at radius 3 is 2.55 bits per heavy atom. The standard InChI is InChI=1S/C16H24N2OS/c1-12(11-20-3)17-13(2)14-6-8-15(9-7-14)18-10-4-5-16(18)19/h6-9,12-13,17H,4-5,10-11H2,1-3H3.